The van der Waals surface area contributed by atoms with Crippen molar-refractivity contribution in [3.05, 3.63) is 52.3 Å². The lowest BCUT2D eigenvalue weighted by Crippen LogP contribution is -2.33. The van der Waals surface area contributed by atoms with Gasteiger partial charge in [0.05, 0.1) is 29.7 Å². The summed E-state index contributed by atoms with van der Waals surface area (Å²) in [6.45, 7) is 3.89. The highest BCUT2D eigenvalue weighted by Crippen LogP contribution is 2.33. The van der Waals surface area contributed by atoms with Crippen molar-refractivity contribution in [1.82, 2.24) is 0 Å². The highest BCUT2D eigenvalue weighted by Gasteiger charge is 2.37. The van der Waals surface area contributed by atoms with Crippen molar-refractivity contribution >= 4 is 35.2 Å². The average molecular weight is 426 g/mol. The second kappa shape index (κ2) is 9.10. The minimum absolute atomic E-state index is 0.241. The number of carbonyl (C=O) groups excluding carboxylic acids is 3. The third-order valence-corrected chi connectivity index (χ3v) is 5.30. The van der Waals surface area contributed by atoms with E-state index in [1.807, 2.05) is 13.0 Å². The van der Waals surface area contributed by atoms with Gasteiger partial charge in [0.25, 0.3) is 0 Å². The van der Waals surface area contributed by atoms with E-state index < -0.39 is 17.8 Å². The van der Waals surface area contributed by atoms with E-state index in [-0.39, 0.29) is 28.6 Å². The molecule has 1 heterocycles. The van der Waals surface area contributed by atoms with Gasteiger partial charge in [0.15, 0.2) is 11.6 Å². The number of hydrogen-bond donors (Lipinski definition) is 0. The molecule has 1 fully saturated rings. The van der Waals surface area contributed by atoms with Gasteiger partial charge in [0.2, 0.25) is 0 Å². The molecule has 2 aromatic rings. The summed E-state index contributed by atoms with van der Waals surface area (Å²) in [5.41, 5.74) is 1.26. The Hall–Kier alpha value is -3.17. The Morgan fingerprint density at radius 2 is 2.10 bits per heavy atom. The second-order valence-electron chi connectivity index (χ2n) is 7.09. The number of rotatable bonds is 5. The summed E-state index contributed by atoms with van der Waals surface area (Å²) >= 11 is 6.13. The lowest BCUT2D eigenvalue weighted by molar-refractivity contribution is -0.129. The number of ketones is 2. The summed E-state index contributed by atoms with van der Waals surface area (Å²) < 4.78 is 11.0. The van der Waals surface area contributed by atoms with E-state index in [1.165, 1.54) is 0 Å². The van der Waals surface area contributed by atoms with E-state index in [0.29, 0.717) is 35.7 Å². The Bertz CT molecular complexity index is 1080. The Kier molecular flexibility index (Phi) is 6.53. The molecule has 2 unspecified atom stereocenters. The highest BCUT2D eigenvalue weighted by atomic mass is 35.5. The zero-order chi connectivity index (χ0) is 21.8. The van der Waals surface area contributed by atoms with Crippen LogP contribution in [0.15, 0.2) is 40.3 Å². The normalized spacial score (nSPS) is 20.3. The number of furan rings is 1. The number of allylic oxidation sites excluding steroid dienone is 1. The molecule has 1 aromatic carbocycles. The van der Waals surface area contributed by atoms with Crippen LogP contribution in [0.5, 0.6) is 0 Å². The number of benzene rings is 1. The molecule has 3 rings (SSSR count). The lowest BCUT2D eigenvalue weighted by Gasteiger charge is -2.24. The van der Waals surface area contributed by atoms with Gasteiger partial charge in [0.1, 0.15) is 17.4 Å². The maximum absolute atomic E-state index is 12.3. The number of carbonyl (C=O) groups is 3. The van der Waals surface area contributed by atoms with Crippen LogP contribution >= 0.6 is 11.6 Å². The van der Waals surface area contributed by atoms with E-state index >= 15 is 0 Å². The summed E-state index contributed by atoms with van der Waals surface area (Å²) in [5.74, 6) is -1.61. The van der Waals surface area contributed by atoms with E-state index in [9.17, 15) is 19.6 Å². The van der Waals surface area contributed by atoms with Gasteiger partial charge in [-0.15, -0.1) is 0 Å². The van der Waals surface area contributed by atoms with E-state index in [1.54, 1.807) is 43.3 Å². The maximum Gasteiger partial charge on any atom is 0.339 e. The molecule has 0 amide bonds. The molecular formula is C23H20ClNO5. The van der Waals surface area contributed by atoms with Crippen molar-refractivity contribution in [3.63, 3.8) is 0 Å². The molecule has 0 radical (unpaired) electrons. The number of hydrogen-bond acceptors (Lipinski definition) is 6. The van der Waals surface area contributed by atoms with Crippen molar-refractivity contribution in [2.45, 2.75) is 26.7 Å². The fourth-order valence-corrected chi connectivity index (χ4v) is 3.52. The van der Waals surface area contributed by atoms with Gasteiger partial charge >= 0.3 is 5.97 Å². The van der Waals surface area contributed by atoms with Crippen molar-refractivity contribution < 1.29 is 23.5 Å². The number of ether oxygens (including phenoxy) is 1. The number of Topliss-reactive ketones (excluding diaryl/α,β-unsaturated/α-hetero) is 2. The molecular weight excluding hydrogens is 406 g/mol. The van der Waals surface area contributed by atoms with Gasteiger partial charge < -0.3 is 9.15 Å². The zero-order valence-electron chi connectivity index (χ0n) is 16.6. The standard InChI is InChI=1S/C23H20ClNO5/c1-3-8-29-23(28)17-9-14(4-6-19(17)24)22-7-5-15(30-22)10-16-13(2)18(12-25)21(27)11-20(16)26/h4-7,9-10,13,18H,3,8,11H2,1-2H3/b16-10-. The molecule has 30 heavy (non-hydrogen) atoms. The Labute approximate surface area is 179 Å². The SMILES string of the molecule is CCCOC(=O)c1cc(-c2ccc(/C=C3\C(=O)CC(=O)C(C#N)C3C)o2)ccc1Cl. The van der Waals surface area contributed by atoms with Gasteiger partial charge in [0, 0.05) is 17.1 Å². The Balaban J connectivity index is 1.89. The smallest absolute Gasteiger partial charge is 0.339 e. The van der Waals surface area contributed by atoms with Gasteiger partial charge in [-0.25, -0.2) is 4.79 Å². The molecule has 7 heteroatoms. The summed E-state index contributed by atoms with van der Waals surface area (Å²) in [5, 5.41) is 9.50. The molecule has 1 aromatic heterocycles. The van der Waals surface area contributed by atoms with Crippen LogP contribution in [0.2, 0.25) is 5.02 Å². The first kappa shape index (κ1) is 21.5. The number of esters is 1. The van der Waals surface area contributed by atoms with Crippen LogP contribution in [0.4, 0.5) is 0 Å². The van der Waals surface area contributed by atoms with Crippen LogP contribution in [0, 0.1) is 23.2 Å². The summed E-state index contributed by atoms with van der Waals surface area (Å²) in [4.78, 5) is 36.4. The van der Waals surface area contributed by atoms with Gasteiger partial charge in [-0.1, -0.05) is 25.4 Å². The molecule has 0 aliphatic heterocycles. The molecule has 1 saturated carbocycles. The highest BCUT2D eigenvalue weighted by molar-refractivity contribution is 6.33. The lowest BCUT2D eigenvalue weighted by atomic mass is 9.75. The van der Waals surface area contributed by atoms with Gasteiger partial charge in [-0.2, -0.15) is 5.26 Å². The topological polar surface area (TPSA) is 97.4 Å². The largest absolute Gasteiger partial charge is 0.462 e. The zero-order valence-corrected chi connectivity index (χ0v) is 17.4. The summed E-state index contributed by atoms with van der Waals surface area (Å²) in [6, 6.07) is 10.3. The molecule has 1 aliphatic rings. The molecule has 0 spiro atoms. The molecule has 6 nitrogen and oxygen atoms in total. The minimum Gasteiger partial charge on any atom is -0.462 e. The molecule has 0 N–H and O–H groups in total. The first-order valence-corrected chi connectivity index (χ1v) is 9.97. The van der Waals surface area contributed by atoms with Crippen LogP contribution in [-0.4, -0.2) is 24.1 Å². The van der Waals surface area contributed by atoms with Crippen LogP contribution < -0.4 is 0 Å². The van der Waals surface area contributed by atoms with Crippen molar-refractivity contribution in [3.8, 4) is 17.4 Å². The first-order valence-electron chi connectivity index (χ1n) is 9.59. The molecule has 1 aliphatic carbocycles. The third-order valence-electron chi connectivity index (χ3n) is 4.97. The van der Waals surface area contributed by atoms with E-state index in [0.717, 1.165) is 0 Å². The number of nitriles is 1. The molecule has 0 bridgehead atoms. The predicted octanol–water partition coefficient (Wildman–Crippen LogP) is 4.87. The second-order valence-corrected chi connectivity index (χ2v) is 7.50. The number of nitrogens with zero attached hydrogens (tertiary/aromatic N) is 1. The fraction of sp³-hybridized carbons (Fsp3) is 0.304. The van der Waals surface area contributed by atoms with Crippen LogP contribution in [0.3, 0.4) is 0 Å². The fourth-order valence-electron chi connectivity index (χ4n) is 3.32. The molecule has 154 valence electrons. The summed E-state index contributed by atoms with van der Waals surface area (Å²) in [6.07, 6.45) is 2.00. The van der Waals surface area contributed by atoms with Gasteiger partial charge in [-0.05, 0) is 42.8 Å². The van der Waals surface area contributed by atoms with Crippen LogP contribution in [0.1, 0.15) is 42.8 Å². The van der Waals surface area contributed by atoms with Crippen LogP contribution in [0.25, 0.3) is 17.4 Å². The minimum atomic E-state index is -0.837. The van der Waals surface area contributed by atoms with Crippen molar-refractivity contribution in [2.75, 3.05) is 6.61 Å². The van der Waals surface area contributed by atoms with Crippen molar-refractivity contribution in [1.29, 1.82) is 5.26 Å². The Morgan fingerprint density at radius 1 is 1.33 bits per heavy atom. The van der Waals surface area contributed by atoms with Crippen LogP contribution in [-0.2, 0) is 14.3 Å². The Morgan fingerprint density at radius 3 is 2.80 bits per heavy atom. The summed E-state index contributed by atoms with van der Waals surface area (Å²) in [7, 11) is 0. The first-order chi connectivity index (χ1) is 14.3. The van der Waals surface area contributed by atoms with Crippen molar-refractivity contribution in [2.24, 2.45) is 11.8 Å². The van der Waals surface area contributed by atoms with E-state index in [4.69, 9.17) is 20.8 Å². The monoisotopic (exact) mass is 425 g/mol. The average Bonchev–Trinajstić information content (AvgIpc) is 3.18. The quantitative estimate of drug-likeness (QED) is 0.385. The third kappa shape index (κ3) is 4.37. The molecule has 2 atom stereocenters. The molecule has 0 saturated heterocycles. The predicted molar refractivity (Wildman–Crippen MR) is 111 cm³/mol. The van der Waals surface area contributed by atoms with E-state index in [2.05, 4.69) is 0 Å². The maximum atomic E-state index is 12.3. The van der Waals surface area contributed by atoms with Gasteiger partial charge in [-0.3, -0.25) is 9.59 Å². The number of halogens is 1.